The van der Waals surface area contributed by atoms with Gasteiger partial charge in [0.25, 0.3) is 0 Å². The predicted octanol–water partition coefficient (Wildman–Crippen LogP) is 3.20. The number of benzene rings is 6. The number of aryl methyl sites for hydroxylation is 2. The van der Waals surface area contributed by atoms with Crippen LogP contribution < -0.4 is 26.8 Å². The van der Waals surface area contributed by atoms with Crippen molar-refractivity contribution in [2.24, 2.45) is 0 Å². The molecular weight excluding hydrogens is 772 g/mol. The molecule has 0 amide bonds. The van der Waals surface area contributed by atoms with Gasteiger partial charge in [0.2, 0.25) is 0 Å². The van der Waals surface area contributed by atoms with Crippen LogP contribution in [0.5, 0.6) is 0 Å². The average Bonchev–Trinajstić information content (AvgIpc) is 3.01. The summed E-state index contributed by atoms with van der Waals surface area (Å²) in [6, 6.07) is 44.5. The van der Waals surface area contributed by atoms with Crippen molar-refractivity contribution in [1.82, 2.24) is 0 Å². The molecule has 6 aromatic carbocycles. The summed E-state index contributed by atoms with van der Waals surface area (Å²) in [7, 11) is 0. The van der Waals surface area contributed by atoms with Crippen molar-refractivity contribution in [3.05, 3.63) is 132 Å². The van der Waals surface area contributed by atoms with Crippen LogP contribution in [0.1, 0.15) is 11.1 Å². The molecule has 0 saturated carbocycles. The molecule has 4 heteroatoms. The van der Waals surface area contributed by atoms with Gasteiger partial charge >= 0.3 is 276 Å². The topological polar surface area (TPSA) is 0 Å². The van der Waals surface area contributed by atoms with E-state index in [0.29, 0.717) is 0 Å². The van der Waals surface area contributed by atoms with E-state index in [1.807, 2.05) is 0 Å². The Morgan fingerprint density at radius 1 is 0.405 bits per heavy atom. The second-order valence-electron chi connectivity index (χ2n) is 9.71. The zero-order chi connectivity index (χ0) is 28.7. The Morgan fingerprint density at radius 3 is 1.14 bits per heavy atom. The summed E-state index contributed by atoms with van der Waals surface area (Å²) >= 11 is 0.605. The van der Waals surface area contributed by atoms with Crippen LogP contribution in [0.4, 0.5) is 0 Å². The molecule has 0 atom stereocenters. The van der Waals surface area contributed by atoms with E-state index in [1.54, 1.807) is 0 Å². The monoisotopic (exact) mass is 802 g/mol. The van der Waals surface area contributed by atoms with Crippen molar-refractivity contribution >= 4 is 108 Å². The van der Waals surface area contributed by atoms with Gasteiger partial charge in [-0.25, -0.2) is 0 Å². The molecule has 0 bridgehead atoms. The van der Waals surface area contributed by atoms with Crippen molar-refractivity contribution in [2.75, 3.05) is 0 Å². The SMILES string of the molecule is Cc1ccc([Se]c2cccc3cccc([Se]C#CC#C[Se]c4cccc5cccc([Se]c6ccc(C)cc6)c45)c23)cc1. The van der Waals surface area contributed by atoms with Crippen LogP contribution in [-0.2, 0) is 0 Å². The molecule has 0 radical (unpaired) electrons. The zero-order valence-corrected chi connectivity index (χ0v) is 30.0. The third-order valence-electron chi connectivity index (χ3n) is 6.64. The molecule has 0 aromatic heterocycles. The standard InChI is InChI=1S/C38H26Se4/c1-27-17-21-31(22-18-27)41-35-15-7-11-29-9-5-13-33(37(29)35)39-25-3-4-26-40-34-14-6-10-30-12-8-16-36(38(30)34)42-32-23-19-28(2)20-24-32/h5-24H,1-2H3. The first kappa shape index (κ1) is 29.1. The quantitative estimate of drug-likeness (QED) is 0.180. The minimum absolute atomic E-state index is 0.0455. The van der Waals surface area contributed by atoms with Crippen LogP contribution in [0.25, 0.3) is 21.5 Å². The van der Waals surface area contributed by atoms with Gasteiger partial charge in [-0.3, -0.25) is 0 Å². The number of fused-ring (bicyclic) bond motifs is 2. The van der Waals surface area contributed by atoms with Crippen LogP contribution in [-0.4, -0.2) is 59.8 Å². The van der Waals surface area contributed by atoms with E-state index in [2.05, 4.69) is 157 Å². The second kappa shape index (κ2) is 14.0. The molecule has 0 saturated heterocycles. The van der Waals surface area contributed by atoms with Crippen molar-refractivity contribution in [3.63, 3.8) is 0 Å². The minimum atomic E-state index is 0.0455. The summed E-state index contributed by atoms with van der Waals surface area (Å²) in [4.78, 5) is 6.85. The summed E-state index contributed by atoms with van der Waals surface area (Å²) in [5.41, 5.74) is 2.61. The molecule has 6 aromatic rings. The van der Waals surface area contributed by atoms with Gasteiger partial charge in [0.05, 0.1) is 0 Å². The average molecular weight is 798 g/mol. The summed E-state index contributed by atoms with van der Waals surface area (Å²) in [5.74, 6) is 6.39. The van der Waals surface area contributed by atoms with E-state index in [1.165, 1.54) is 59.4 Å². The Labute approximate surface area is 273 Å². The van der Waals surface area contributed by atoms with Crippen LogP contribution in [0.2, 0.25) is 0 Å². The Kier molecular flexibility index (Phi) is 9.71. The molecule has 0 unspecified atom stereocenters. The Hall–Kier alpha value is -2.96. The fraction of sp³-hybridized carbons (Fsp3) is 0.0526. The van der Waals surface area contributed by atoms with E-state index in [4.69, 9.17) is 0 Å². The maximum absolute atomic E-state index is 3.42. The fourth-order valence-corrected chi connectivity index (χ4v) is 12.3. The first-order chi connectivity index (χ1) is 20.6. The number of hydrogen-bond acceptors (Lipinski definition) is 0. The normalized spacial score (nSPS) is 10.6. The van der Waals surface area contributed by atoms with E-state index in [-0.39, 0.29) is 59.8 Å². The third kappa shape index (κ3) is 7.15. The Morgan fingerprint density at radius 2 is 0.762 bits per heavy atom. The number of hydrogen-bond donors (Lipinski definition) is 0. The summed E-state index contributed by atoms with van der Waals surface area (Å²) in [6.07, 6.45) is 0. The van der Waals surface area contributed by atoms with Gasteiger partial charge in [0, 0.05) is 0 Å². The fourth-order valence-electron chi connectivity index (χ4n) is 4.57. The van der Waals surface area contributed by atoms with Crippen molar-refractivity contribution in [2.45, 2.75) is 13.8 Å². The first-order valence-electron chi connectivity index (χ1n) is 13.5. The van der Waals surface area contributed by atoms with Gasteiger partial charge in [-0.05, 0) is 0 Å². The van der Waals surface area contributed by atoms with Crippen LogP contribution >= 0.6 is 0 Å². The van der Waals surface area contributed by atoms with Gasteiger partial charge in [-0.15, -0.1) is 0 Å². The van der Waals surface area contributed by atoms with Gasteiger partial charge in [-0.1, -0.05) is 0 Å². The van der Waals surface area contributed by atoms with Crippen molar-refractivity contribution in [1.29, 1.82) is 0 Å². The first-order valence-corrected chi connectivity index (χ1v) is 20.4. The van der Waals surface area contributed by atoms with E-state index < -0.39 is 0 Å². The molecular formula is C38H26Se4. The van der Waals surface area contributed by atoms with Crippen molar-refractivity contribution in [3.8, 4) is 21.5 Å². The van der Waals surface area contributed by atoms with Crippen LogP contribution in [0, 0.1) is 35.3 Å². The molecule has 0 nitrogen and oxygen atoms in total. The van der Waals surface area contributed by atoms with E-state index in [0.717, 1.165) is 0 Å². The van der Waals surface area contributed by atoms with Crippen LogP contribution in [0.3, 0.4) is 0 Å². The predicted molar refractivity (Wildman–Crippen MR) is 187 cm³/mol. The Balaban J connectivity index is 1.21. The zero-order valence-electron chi connectivity index (χ0n) is 23.2. The molecule has 0 fully saturated rings. The summed E-state index contributed by atoms with van der Waals surface area (Å²) in [6.45, 7) is 4.29. The molecule has 0 heterocycles. The van der Waals surface area contributed by atoms with Crippen molar-refractivity contribution < 1.29 is 0 Å². The molecule has 202 valence electrons. The molecule has 0 aliphatic rings. The van der Waals surface area contributed by atoms with Gasteiger partial charge in [0.1, 0.15) is 0 Å². The van der Waals surface area contributed by atoms with Gasteiger partial charge in [0.15, 0.2) is 0 Å². The second-order valence-corrected chi connectivity index (χ2v) is 17.9. The maximum atomic E-state index is 3.42. The molecule has 0 aliphatic heterocycles. The molecule has 0 aliphatic carbocycles. The van der Waals surface area contributed by atoms with Gasteiger partial charge < -0.3 is 0 Å². The molecule has 0 spiro atoms. The molecule has 0 N–H and O–H groups in total. The van der Waals surface area contributed by atoms with E-state index >= 15 is 0 Å². The Bertz CT molecular complexity index is 1840. The molecule has 6 rings (SSSR count). The van der Waals surface area contributed by atoms with Gasteiger partial charge in [-0.2, -0.15) is 0 Å². The molecule has 42 heavy (non-hydrogen) atoms. The van der Waals surface area contributed by atoms with Crippen LogP contribution in [0.15, 0.2) is 121 Å². The number of rotatable bonds is 6. The van der Waals surface area contributed by atoms with E-state index in [9.17, 15) is 0 Å². The summed E-state index contributed by atoms with van der Waals surface area (Å²) in [5, 5.41) is 5.36. The summed E-state index contributed by atoms with van der Waals surface area (Å²) < 4.78 is 8.36. The third-order valence-corrected chi connectivity index (χ3v) is 14.3.